The van der Waals surface area contributed by atoms with E-state index in [2.05, 4.69) is 5.32 Å². The second kappa shape index (κ2) is 5.64. The zero-order valence-electron chi connectivity index (χ0n) is 11.6. The normalized spacial score (nSPS) is 12.3. The molecular formula is C14H10F6N2O. The molecule has 0 bridgehead atoms. The Morgan fingerprint density at radius 2 is 1.52 bits per heavy atom. The second-order valence-electron chi connectivity index (χ2n) is 4.75. The van der Waals surface area contributed by atoms with Crippen molar-refractivity contribution in [3.05, 3.63) is 53.3 Å². The number of hydrogen-bond donors (Lipinski definition) is 1. The topological polar surface area (TPSA) is 34.0 Å². The predicted molar refractivity (Wildman–Crippen MR) is 69.8 cm³/mol. The molecule has 1 aromatic carbocycles. The average molecular weight is 336 g/mol. The van der Waals surface area contributed by atoms with Crippen molar-refractivity contribution in [1.29, 1.82) is 0 Å². The summed E-state index contributed by atoms with van der Waals surface area (Å²) in [7, 11) is 1.52. The highest BCUT2D eigenvalue weighted by atomic mass is 19.4. The highest BCUT2D eigenvalue weighted by Crippen LogP contribution is 2.37. The monoisotopic (exact) mass is 336 g/mol. The van der Waals surface area contributed by atoms with Gasteiger partial charge in [-0.1, -0.05) is 0 Å². The molecule has 0 aliphatic carbocycles. The molecule has 1 aromatic heterocycles. The minimum atomic E-state index is -4.97. The lowest BCUT2D eigenvalue weighted by Crippen LogP contribution is -2.17. The van der Waals surface area contributed by atoms with Crippen LogP contribution in [0.3, 0.4) is 0 Å². The van der Waals surface area contributed by atoms with Crippen molar-refractivity contribution in [2.45, 2.75) is 12.4 Å². The molecule has 0 spiro atoms. The molecule has 23 heavy (non-hydrogen) atoms. The number of anilines is 1. The predicted octanol–water partition coefficient (Wildman–Crippen LogP) is 4.32. The third kappa shape index (κ3) is 3.85. The summed E-state index contributed by atoms with van der Waals surface area (Å²) in [5, 5.41) is 2.05. The number of halogens is 6. The van der Waals surface area contributed by atoms with Gasteiger partial charge in [-0.15, -0.1) is 0 Å². The summed E-state index contributed by atoms with van der Waals surface area (Å²) in [6.45, 7) is 0. The first-order valence-electron chi connectivity index (χ1n) is 6.20. The van der Waals surface area contributed by atoms with Gasteiger partial charge in [0.2, 0.25) is 0 Å². The summed E-state index contributed by atoms with van der Waals surface area (Å²) in [6, 6.07) is 3.81. The van der Waals surface area contributed by atoms with Gasteiger partial charge in [-0.25, -0.2) is 0 Å². The number of rotatable bonds is 2. The smallest absolute Gasteiger partial charge is 0.347 e. The molecule has 0 unspecified atom stereocenters. The van der Waals surface area contributed by atoms with Crippen molar-refractivity contribution in [3.63, 3.8) is 0 Å². The number of benzene rings is 1. The Morgan fingerprint density at radius 3 is 1.91 bits per heavy atom. The molecule has 9 heteroatoms. The van der Waals surface area contributed by atoms with Crippen LogP contribution in [0, 0.1) is 0 Å². The second-order valence-corrected chi connectivity index (χ2v) is 4.75. The van der Waals surface area contributed by atoms with Crippen molar-refractivity contribution >= 4 is 11.6 Å². The van der Waals surface area contributed by atoms with E-state index in [4.69, 9.17) is 0 Å². The van der Waals surface area contributed by atoms with Gasteiger partial charge in [0, 0.05) is 18.9 Å². The summed E-state index contributed by atoms with van der Waals surface area (Å²) in [5.74, 6) is -0.815. The fourth-order valence-electron chi connectivity index (χ4n) is 1.92. The number of nitrogens with zero attached hydrogens (tertiary/aromatic N) is 1. The quantitative estimate of drug-likeness (QED) is 0.815. The van der Waals surface area contributed by atoms with E-state index in [1.165, 1.54) is 29.9 Å². The van der Waals surface area contributed by atoms with Crippen molar-refractivity contribution < 1.29 is 31.1 Å². The van der Waals surface area contributed by atoms with Crippen LogP contribution in [0.1, 0.15) is 21.6 Å². The number of amides is 1. The highest BCUT2D eigenvalue weighted by molar-refractivity contribution is 6.03. The van der Waals surface area contributed by atoms with Gasteiger partial charge in [0.15, 0.2) is 0 Å². The van der Waals surface area contributed by atoms with E-state index in [-0.39, 0.29) is 11.8 Å². The molecule has 0 fully saturated rings. The maximum absolute atomic E-state index is 12.7. The summed E-state index contributed by atoms with van der Waals surface area (Å²) in [5.41, 5.74) is -3.47. The van der Waals surface area contributed by atoms with E-state index in [0.717, 1.165) is 0 Å². The van der Waals surface area contributed by atoms with Gasteiger partial charge in [-0.2, -0.15) is 26.3 Å². The lowest BCUT2D eigenvalue weighted by molar-refractivity contribution is -0.143. The van der Waals surface area contributed by atoms with E-state index in [0.29, 0.717) is 12.1 Å². The molecular weight excluding hydrogens is 326 g/mol. The van der Waals surface area contributed by atoms with Crippen LogP contribution in [-0.4, -0.2) is 10.5 Å². The van der Waals surface area contributed by atoms with Gasteiger partial charge in [-0.3, -0.25) is 4.79 Å². The molecule has 1 N–H and O–H groups in total. The first kappa shape index (κ1) is 16.9. The molecule has 2 aromatic rings. The maximum Gasteiger partial charge on any atom is 0.416 e. The molecule has 0 aliphatic rings. The summed E-state index contributed by atoms with van der Waals surface area (Å²) < 4.78 is 77.7. The number of alkyl halides is 6. The minimum absolute atomic E-state index is 0.00181. The summed E-state index contributed by atoms with van der Waals surface area (Å²) in [6.07, 6.45) is -8.42. The molecule has 1 heterocycles. The van der Waals surface area contributed by atoms with Crippen LogP contribution in [0.5, 0.6) is 0 Å². The van der Waals surface area contributed by atoms with Gasteiger partial charge in [0.1, 0.15) is 5.69 Å². The number of hydrogen-bond acceptors (Lipinski definition) is 1. The number of carbonyl (C=O) groups excluding carboxylic acids is 1. The summed E-state index contributed by atoms with van der Waals surface area (Å²) in [4.78, 5) is 11.9. The first-order chi connectivity index (χ1) is 10.5. The number of aryl methyl sites for hydroxylation is 1. The fraction of sp³-hybridized carbons (Fsp3) is 0.214. The zero-order chi connectivity index (χ0) is 17.4. The van der Waals surface area contributed by atoms with Crippen molar-refractivity contribution in [2.75, 3.05) is 5.32 Å². The fourth-order valence-corrected chi connectivity index (χ4v) is 1.92. The largest absolute Gasteiger partial charge is 0.416 e. The van der Waals surface area contributed by atoms with E-state index in [1.54, 1.807) is 0 Å². The van der Waals surface area contributed by atoms with Crippen molar-refractivity contribution in [2.24, 2.45) is 7.05 Å². The molecule has 2 rings (SSSR count). The van der Waals surface area contributed by atoms with E-state index < -0.39 is 35.1 Å². The Balaban J connectivity index is 2.42. The average Bonchev–Trinajstić information content (AvgIpc) is 2.82. The van der Waals surface area contributed by atoms with Gasteiger partial charge in [-0.05, 0) is 30.3 Å². The first-order valence-corrected chi connectivity index (χ1v) is 6.20. The molecule has 0 saturated carbocycles. The van der Waals surface area contributed by atoms with Crippen LogP contribution in [0.25, 0.3) is 0 Å². The Labute approximate surface area is 126 Å². The third-order valence-electron chi connectivity index (χ3n) is 3.02. The standard InChI is InChI=1S/C14H10F6N2O/c1-22-4-2-3-11(22)12(23)21-10-6-8(13(15,16)17)5-9(7-10)14(18,19)20/h2-7H,1H3,(H,21,23). The van der Waals surface area contributed by atoms with E-state index >= 15 is 0 Å². The molecule has 0 radical (unpaired) electrons. The van der Waals surface area contributed by atoms with Crippen LogP contribution in [0.4, 0.5) is 32.0 Å². The highest BCUT2D eigenvalue weighted by Gasteiger charge is 2.37. The van der Waals surface area contributed by atoms with Crippen LogP contribution in [0.15, 0.2) is 36.5 Å². The zero-order valence-corrected chi connectivity index (χ0v) is 11.6. The van der Waals surface area contributed by atoms with E-state index in [1.807, 2.05) is 0 Å². The molecule has 3 nitrogen and oxygen atoms in total. The number of aromatic nitrogens is 1. The molecule has 0 aliphatic heterocycles. The lowest BCUT2D eigenvalue weighted by Gasteiger charge is -2.15. The van der Waals surface area contributed by atoms with Crippen molar-refractivity contribution in [3.8, 4) is 0 Å². The maximum atomic E-state index is 12.7. The van der Waals surface area contributed by atoms with Crippen LogP contribution in [0.2, 0.25) is 0 Å². The van der Waals surface area contributed by atoms with Gasteiger partial charge in [0.25, 0.3) is 5.91 Å². The van der Waals surface area contributed by atoms with E-state index in [9.17, 15) is 31.1 Å². The van der Waals surface area contributed by atoms with Crippen molar-refractivity contribution in [1.82, 2.24) is 4.57 Å². The summed E-state index contributed by atoms with van der Waals surface area (Å²) >= 11 is 0. The molecule has 124 valence electrons. The van der Waals surface area contributed by atoms with Gasteiger partial charge < -0.3 is 9.88 Å². The Bertz CT molecular complexity index is 697. The molecule has 0 atom stereocenters. The molecule has 0 saturated heterocycles. The number of nitrogens with one attached hydrogen (secondary N) is 1. The van der Waals surface area contributed by atoms with Crippen LogP contribution in [-0.2, 0) is 19.4 Å². The SMILES string of the molecule is Cn1cccc1C(=O)Nc1cc(C(F)(F)F)cc(C(F)(F)F)c1. The third-order valence-corrected chi connectivity index (χ3v) is 3.02. The molecule has 1 amide bonds. The Hall–Kier alpha value is -2.45. The van der Waals surface area contributed by atoms with Crippen LogP contribution >= 0.6 is 0 Å². The van der Waals surface area contributed by atoms with Gasteiger partial charge in [0.05, 0.1) is 11.1 Å². The van der Waals surface area contributed by atoms with Gasteiger partial charge >= 0.3 is 12.4 Å². The van der Waals surface area contributed by atoms with Crippen LogP contribution < -0.4 is 5.32 Å². The Kier molecular flexibility index (Phi) is 4.14. The number of carbonyl (C=O) groups is 1. The Morgan fingerprint density at radius 1 is 1.00 bits per heavy atom. The lowest BCUT2D eigenvalue weighted by atomic mass is 10.1. The minimum Gasteiger partial charge on any atom is -0.347 e.